The van der Waals surface area contributed by atoms with Crippen molar-refractivity contribution in [3.63, 3.8) is 0 Å². The zero-order chi connectivity index (χ0) is 22.8. The van der Waals surface area contributed by atoms with Crippen LogP contribution < -0.4 is 21.3 Å². The molecule has 1 heterocycles. The molecule has 0 saturated carbocycles. The molecule has 1 aliphatic heterocycles. The highest BCUT2D eigenvalue weighted by molar-refractivity contribution is 5.95. The van der Waals surface area contributed by atoms with Gasteiger partial charge in [-0.3, -0.25) is 24.0 Å². The summed E-state index contributed by atoms with van der Waals surface area (Å²) in [5, 5.41) is 36.4. The molecule has 1 aliphatic rings. The fourth-order valence-electron chi connectivity index (χ4n) is 2.77. The topological polar surface area (TPSA) is 211 Å². The minimum Gasteiger partial charge on any atom is -0.481 e. The van der Waals surface area contributed by atoms with E-state index in [1.807, 2.05) is 5.32 Å². The smallest absolute Gasteiger partial charge is 0.326 e. The molecule has 1 fully saturated rings. The normalized spacial score (nSPS) is 18.5. The number of nitrogens with one attached hydrogen (secondary N) is 4. The molecule has 4 atom stereocenters. The van der Waals surface area contributed by atoms with E-state index in [0.717, 1.165) is 6.42 Å². The Labute approximate surface area is 171 Å². The van der Waals surface area contributed by atoms with Crippen molar-refractivity contribution in [3.05, 3.63) is 0 Å². The zero-order valence-electron chi connectivity index (χ0n) is 16.3. The van der Waals surface area contributed by atoms with Crippen LogP contribution in [0.4, 0.5) is 0 Å². The maximum absolute atomic E-state index is 12.3. The van der Waals surface area contributed by atoms with Crippen LogP contribution in [0, 0.1) is 0 Å². The third kappa shape index (κ3) is 8.43. The molecule has 0 aliphatic carbocycles. The Morgan fingerprint density at radius 3 is 2.07 bits per heavy atom. The van der Waals surface area contributed by atoms with Crippen molar-refractivity contribution in [1.82, 2.24) is 21.3 Å². The van der Waals surface area contributed by atoms with Crippen molar-refractivity contribution in [2.45, 2.75) is 63.2 Å². The van der Waals surface area contributed by atoms with E-state index in [9.17, 15) is 28.8 Å². The predicted molar refractivity (Wildman–Crippen MR) is 99.2 cm³/mol. The van der Waals surface area contributed by atoms with E-state index >= 15 is 0 Å². The molecule has 7 N–H and O–H groups in total. The molecule has 0 aromatic rings. The molecular formula is C17H26N4O9. The minimum atomic E-state index is -1.62. The number of amides is 3. The average Bonchev–Trinajstić information content (AvgIpc) is 3.18. The quantitative estimate of drug-likeness (QED) is 0.175. The molecule has 0 aromatic heterocycles. The Hall–Kier alpha value is -3.22. The van der Waals surface area contributed by atoms with Crippen LogP contribution in [0.1, 0.15) is 39.0 Å². The maximum Gasteiger partial charge on any atom is 0.326 e. The first kappa shape index (κ1) is 24.8. The number of hydrogen-bond donors (Lipinski definition) is 7. The van der Waals surface area contributed by atoms with Crippen molar-refractivity contribution in [3.8, 4) is 0 Å². The summed E-state index contributed by atoms with van der Waals surface area (Å²) in [5.41, 5.74) is 0. The van der Waals surface area contributed by atoms with E-state index in [2.05, 4.69) is 16.0 Å². The first-order valence-electron chi connectivity index (χ1n) is 9.32. The van der Waals surface area contributed by atoms with Crippen LogP contribution in [0.5, 0.6) is 0 Å². The van der Waals surface area contributed by atoms with Crippen LogP contribution in [0.25, 0.3) is 0 Å². The second-order valence-electron chi connectivity index (χ2n) is 6.87. The summed E-state index contributed by atoms with van der Waals surface area (Å²) in [6.07, 6.45) is -0.382. The number of aliphatic carboxylic acids is 3. The molecule has 4 unspecified atom stereocenters. The fraction of sp³-hybridized carbons (Fsp3) is 0.647. The van der Waals surface area contributed by atoms with Gasteiger partial charge in [0.1, 0.15) is 18.1 Å². The van der Waals surface area contributed by atoms with E-state index in [1.165, 1.54) is 6.92 Å². The molecule has 168 valence electrons. The third-order valence-corrected chi connectivity index (χ3v) is 4.40. The number of carboxylic acid groups (broad SMARTS) is 3. The van der Waals surface area contributed by atoms with Crippen molar-refractivity contribution in [2.24, 2.45) is 0 Å². The Kier molecular flexibility index (Phi) is 9.68. The SMILES string of the molecule is CC(NC(=O)C1CCCN1)C(=O)NC(CC(=O)O)C(=O)NC(CCC(=O)O)C(=O)O. The first-order chi connectivity index (χ1) is 14.0. The minimum absolute atomic E-state index is 0.408. The average molecular weight is 430 g/mol. The van der Waals surface area contributed by atoms with Crippen molar-refractivity contribution < 1.29 is 44.1 Å². The van der Waals surface area contributed by atoms with Gasteiger partial charge in [-0.1, -0.05) is 0 Å². The van der Waals surface area contributed by atoms with E-state index in [-0.39, 0.29) is 0 Å². The molecule has 0 radical (unpaired) electrons. The Bertz CT molecular complexity index is 691. The molecule has 30 heavy (non-hydrogen) atoms. The van der Waals surface area contributed by atoms with Crippen LogP contribution in [0.3, 0.4) is 0 Å². The second kappa shape index (κ2) is 11.7. The van der Waals surface area contributed by atoms with Crippen molar-refractivity contribution >= 4 is 35.6 Å². The van der Waals surface area contributed by atoms with Gasteiger partial charge in [-0.2, -0.15) is 0 Å². The summed E-state index contributed by atoms with van der Waals surface area (Å²) >= 11 is 0. The lowest BCUT2D eigenvalue weighted by molar-refractivity contribution is -0.144. The summed E-state index contributed by atoms with van der Waals surface area (Å²) in [4.78, 5) is 69.6. The van der Waals surface area contributed by atoms with Gasteiger partial charge in [-0.05, 0) is 32.7 Å². The van der Waals surface area contributed by atoms with Crippen LogP contribution >= 0.6 is 0 Å². The van der Waals surface area contributed by atoms with Gasteiger partial charge in [0.15, 0.2) is 0 Å². The lowest BCUT2D eigenvalue weighted by atomic mass is 10.1. The lowest BCUT2D eigenvalue weighted by Crippen LogP contribution is -2.56. The number of rotatable bonds is 12. The molecule has 13 heteroatoms. The summed E-state index contributed by atoms with van der Waals surface area (Å²) < 4.78 is 0. The Balaban J connectivity index is 2.73. The summed E-state index contributed by atoms with van der Waals surface area (Å²) in [6, 6.07) is -4.71. The van der Waals surface area contributed by atoms with Crippen LogP contribution in [-0.4, -0.2) is 81.7 Å². The highest BCUT2D eigenvalue weighted by Gasteiger charge is 2.31. The maximum atomic E-state index is 12.3. The number of carbonyl (C=O) groups excluding carboxylic acids is 3. The summed E-state index contributed by atoms with van der Waals surface area (Å²) in [7, 11) is 0. The fourth-order valence-corrected chi connectivity index (χ4v) is 2.77. The molecule has 3 amide bonds. The lowest BCUT2D eigenvalue weighted by Gasteiger charge is -2.22. The Morgan fingerprint density at radius 1 is 0.933 bits per heavy atom. The van der Waals surface area contributed by atoms with Gasteiger partial charge < -0.3 is 36.6 Å². The zero-order valence-corrected chi connectivity index (χ0v) is 16.3. The molecule has 1 rings (SSSR count). The summed E-state index contributed by atoms with van der Waals surface area (Å²) in [6.45, 7) is 2.02. The first-order valence-corrected chi connectivity index (χ1v) is 9.32. The van der Waals surface area contributed by atoms with Gasteiger partial charge in [0, 0.05) is 6.42 Å². The molecule has 0 bridgehead atoms. The van der Waals surface area contributed by atoms with E-state index in [0.29, 0.717) is 13.0 Å². The van der Waals surface area contributed by atoms with E-state index < -0.39 is 79.1 Å². The van der Waals surface area contributed by atoms with Gasteiger partial charge in [-0.15, -0.1) is 0 Å². The van der Waals surface area contributed by atoms with Gasteiger partial charge in [0.25, 0.3) is 0 Å². The Morgan fingerprint density at radius 2 is 1.57 bits per heavy atom. The van der Waals surface area contributed by atoms with Gasteiger partial charge in [-0.25, -0.2) is 4.79 Å². The molecular weight excluding hydrogens is 404 g/mol. The molecule has 0 spiro atoms. The molecule has 1 saturated heterocycles. The van der Waals surface area contributed by atoms with Gasteiger partial charge in [0.2, 0.25) is 17.7 Å². The van der Waals surface area contributed by atoms with Crippen LogP contribution in [0.2, 0.25) is 0 Å². The van der Waals surface area contributed by atoms with Gasteiger partial charge in [0.05, 0.1) is 12.5 Å². The summed E-state index contributed by atoms with van der Waals surface area (Å²) in [5.74, 6) is -6.55. The van der Waals surface area contributed by atoms with Crippen molar-refractivity contribution in [1.29, 1.82) is 0 Å². The highest BCUT2D eigenvalue weighted by atomic mass is 16.4. The monoisotopic (exact) mass is 430 g/mol. The third-order valence-electron chi connectivity index (χ3n) is 4.40. The van der Waals surface area contributed by atoms with Crippen LogP contribution in [-0.2, 0) is 28.8 Å². The van der Waals surface area contributed by atoms with E-state index in [4.69, 9.17) is 15.3 Å². The molecule has 0 aromatic carbocycles. The number of hydrogen-bond acceptors (Lipinski definition) is 7. The van der Waals surface area contributed by atoms with Crippen LogP contribution in [0.15, 0.2) is 0 Å². The van der Waals surface area contributed by atoms with E-state index in [1.54, 1.807) is 0 Å². The molecule has 13 nitrogen and oxygen atoms in total. The standard InChI is InChI=1S/C17H26N4O9/c1-8(19-15(27)9-3-2-6-18-9)14(26)21-11(7-13(24)25)16(28)20-10(17(29)30)4-5-12(22)23/h8-11,18H,2-7H2,1H3,(H,19,27)(H,20,28)(H,21,26)(H,22,23)(H,24,25)(H,29,30). The number of carboxylic acids is 3. The largest absolute Gasteiger partial charge is 0.481 e. The highest BCUT2D eigenvalue weighted by Crippen LogP contribution is 2.05. The van der Waals surface area contributed by atoms with Crippen molar-refractivity contribution in [2.75, 3.05) is 6.54 Å². The second-order valence-corrected chi connectivity index (χ2v) is 6.87. The van der Waals surface area contributed by atoms with Gasteiger partial charge >= 0.3 is 17.9 Å². The number of carbonyl (C=O) groups is 6. The predicted octanol–water partition coefficient (Wildman–Crippen LogP) is -2.36.